The molecule has 2 N–H and O–H groups in total. The Morgan fingerprint density at radius 3 is 2.82 bits per heavy atom. The van der Waals surface area contributed by atoms with Crippen LogP contribution in [0.15, 0.2) is 10.7 Å². The predicted octanol–water partition coefficient (Wildman–Crippen LogP) is -0.607. The summed E-state index contributed by atoms with van der Waals surface area (Å²) in [6.45, 7) is 2.42. The van der Waals surface area contributed by atoms with E-state index >= 15 is 0 Å². The maximum atomic E-state index is 11.3. The molecule has 1 aliphatic heterocycles. The van der Waals surface area contributed by atoms with Gasteiger partial charge in [-0.25, -0.2) is 4.79 Å². The van der Waals surface area contributed by atoms with Crippen molar-refractivity contribution in [2.45, 2.75) is 19.1 Å². The molecular formula is C10H14N2O5. The van der Waals surface area contributed by atoms with Gasteiger partial charge in [0.1, 0.15) is 6.26 Å². The predicted molar refractivity (Wildman–Crippen MR) is 56.7 cm³/mol. The second kappa shape index (κ2) is 4.72. The number of hydrogen-bond donors (Lipinski definition) is 2. The van der Waals surface area contributed by atoms with Crippen LogP contribution in [0.3, 0.4) is 0 Å². The number of aromatic nitrogens is 1. The summed E-state index contributed by atoms with van der Waals surface area (Å²) in [5.41, 5.74) is 0.0812. The highest BCUT2D eigenvalue weighted by atomic mass is 16.5. The van der Waals surface area contributed by atoms with Crippen LogP contribution >= 0.6 is 0 Å². The Balaban J connectivity index is 2.06. The number of nitrogens with zero attached hydrogens (tertiary/aromatic N) is 2. The lowest BCUT2D eigenvalue weighted by atomic mass is 10.3. The molecule has 1 aromatic rings. The Morgan fingerprint density at radius 2 is 2.24 bits per heavy atom. The minimum Gasteiger partial charge on any atom is -0.461 e. The zero-order chi connectivity index (χ0) is 12.4. The number of hydrogen-bond acceptors (Lipinski definition) is 7. The molecule has 7 nitrogen and oxygen atoms in total. The van der Waals surface area contributed by atoms with Crippen LogP contribution in [0.2, 0.25) is 0 Å². The quantitative estimate of drug-likeness (QED) is 0.683. The third-order valence-corrected chi connectivity index (χ3v) is 2.51. The molecule has 7 heteroatoms. The average molecular weight is 242 g/mol. The summed E-state index contributed by atoms with van der Waals surface area (Å²) in [5, 5.41) is 18.8. The standard InChI is InChI=1S/C10H14N2O5/c1-2-16-9(15)6-5-17-10(11-6)12-3-7(13)8(14)4-12/h5,7-8,13-14H,2-4H2,1H3. The molecular weight excluding hydrogens is 228 g/mol. The monoisotopic (exact) mass is 242 g/mol. The number of ether oxygens (including phenoxy) is 1. The van der Waals surface area contributed by atoms with Gasteiger partial charge in [-0.05, 0) is 6.92 Å². The fourth-order valence-electron chi connectivity index (χ4n) is 1.63. The second-order valence-electron chi connectivity index (χ2n) is 3.78. The van der Waals surface area contributed by atoms with Crippen molar-refractivity contribution in [1.29, 1.82) is 0 Å². The molecule has 2 unspecified atom stereocenters. The maximum absolute atomic E-state index is 11.3. The number of carbonyl (C=O) groups excluding carboxylic acids is 1. The van der Waals surface area contributed by atoms with Crippen LogP contribution in [0.1, 0.15) is 17.4 Å². The van der Waals surface area contributed by atoms with Gasteiger partial charge in [0.2, 0.25) is 0 Å². The Hall–Kier alpha value is -1.60. The third-order valence-electron chi connectivity index (χ3n) is 2.51. The van der Waals surface area contributed by atoms with Crippen molar-refractivity contribution in [2.75, 3.05) is 24.6 Å². The SMILES string of the molecule is CCOC(=O)c1coc(N2CC(O)C(O)C2)n1. The Kier molecular flexibility index (Phi) is 3.30. The number of esters is 1. The lowest BCUT2D eigenvalue weighted by molar-refractivity contribution is 0.0519. The maximum Gasteiger partial charge on any atom is 0.360 e. The Morgan fingerprint density at radius 1 is 1.59 bits per heavy atom. The molecule has 0 bridgehead atoms. The smallest absolute Gasteiger partial charge is 0.360 e. The number of carbonyl (C=O) groups is 1. The lowest BCUT2D eigenvalue weighted by Gasteiger charge is -2.10. The van der Waals surface area contributed by atoms with Gasteiger partial charge in [-0.2, -0.15) is 4.98 Å². The van der Waals surface area contributed by atoms with E-state index in [0.29, 0.717) is 0 Å². The Labute approximate surface area is 97.6 Å². The van der Waals surface area contributed by atoms with Crippen LogP contribution in [-0.4, -0.2) is 53.1 Å². The molecule has 94 valence electrons. The van der Waals surface area contributed by atoms with Crippen LogP contribution in [-0.2, 0) is 4.74 Å². The van der Waals surface area contributed by atoms with Crippen molar-refractivity contribution >= 4 is 12.0 Å². The van der Waals surface area contributed by atoms with E-state index in [4.69, 9.17) is 9.15 Å². The van der Waals surface area contributed by atoms with E-state index in [1.54, 1.807) is 11.8 Å². The first-order valence-corrected chi connectivity index (χ1v) is 5.35. The molecule has 1 aliphatic rings. The number of aliphatic hydroxyl groups excluding tert-OH is 2. The minimum atomic E-state index is -0.826. The van der Waals surface area contributed by atoms with Gasteiger partial charge in [-0.1, -0.05) is 0 Å². The summed E-state index contributed by atoms with van der Waals surface area (Å²) in [5.74, 6) is -0.553. The van der Waals surface area contributed by atoms with E-state index in [0.717, 1.165) is 0 Å². The van der Waals surface area contributed by atoms with Crippen LogP contribution in [0.4, 0.5) is 6.01 Å². The minimum absolute atomic E-state index is 0.0812. The number of rotatable bonds is 3. The molecule has 0 aliphatic carbocycles. The molecule has 0 spiro atoms. The molecule has 0 amide bonds. The molecule has 0 radical (unpaired) electrons. The molecule has 17 heavy (non-hydrogen) atoms. The van der Waals surface area contributed by atoms with Crippen LogP contribution < -0.4 is 4.90 Å². The third kappa shape index (κ3) is 2.40. The lowest BCUT2D eigenvalue weighted by Crippen LogP contribution is -2.22. The largest absolute Gasteiger partial charge is 0.461 e. The molecule has 1 aromatic heterocycles. The summed E-state index contributed by atoms with van der Waals surface area (Å²) in [7, 11) is 0. The van der Waals surface area contributed by atoms with Crippen molar-refractivity contribution in [3.05, 3.63) is 12.0 Å². The molecule has 2 heterocycles. The summed E-state index contributed by atoms with van der Waals surface area (Å²) in [4.78, 5) is 16.8. The first kappa shape index (κ1) is 11.9. The molecule has 1 fully saturated rings. The Bertz CT molecular complexity index is 395. The van der Waals surface area contributed by atoms with Gasteiger partial charge in [-0.3, -0.25) is 0 Å². The highest BCUT2D eigenvalue weighted by Crippen LogP contribution is 2.20. The van der Waals surface area contributed by atoms with Gasteiger partial charge in [0.05, 0.1) is 31.9 Å². The first-order chi connectivity index (χ1) is 8.11. The first-order valence-electron chi connectivity index (χ1n) is 5.35. The molecule has 2 rings (SSSR count). The average Bonchev–Trinajstić information content (AvgIpc) is 2.87. The van der Waals surface area contributed by atoms with Crippen molar-refractivity contribution in [1.82, 2.24) is 4.98 Å². The van der Waals surface area contributed by atoms with E-state index in [1.165, 1.54) is 6.26 Å². The fourth-order valence-corrected chi connectivity index (χ4v) is 1.63. The topological polar surface area (TPSA) is 96.0 Å². The van der Waals surface area contributed by atoms with Crippen LogP contribution in [0, 0.1) is 0 Å². The van der Waals surface area contributed by atoms with E-state index in [9.17, 15) is 15.0 Å². The normalized spacial score (nSPS) is 24.1. The van der Waals surface area contributed by atoms with Gasteiger partial charge >= 0.3 is 5.97 Å². The van der Waals surface area contributed by atoms with Crippen molar-refractivity contribution in [2.24, 2.45) is 0 Å². The number of β-amino-alcohol motifs (C(OH)–C–C–N with tert-alkyl or cyclic N) is 2. The van der Waals surface area contributed by atoms with E-state index in [2.05, 4.69) is 4.98 Å². The highest BCUT2D eigenvalue weighted by molar-refractivity contribution is 5.87. The van der Waals surface area contributed by atoms with Gasteiger partial charge < -0.3 is 24.3 Å². The molecule has 1 saturated heterocycles. The van der Waals surface area contributed by atoms with Crippen LogP contribution in [0.25, 0.3) is 0 Å². The highest BCUT2D eigenvalue weighted by Gasteiger charge is 2.32. The summed E-state index contributed by atoms with van der Waals surface area (Å²) >= 11 is 0. The molecule has 2 atom stereocenters. The van der Waals surface area contributed by atoms with Gasteiger partial charge in [0.25, 0.3) is 6.01 Å². The van der Waals surface area contributed by atoms with Crippen LogP contribution in [0.5, 0.6) is 0 Å². The van der Waals surface area contributed by atoms with E-state index in [1.807, 2.05) is 0 Å². The fraction of sp³-hybridized carbons (Fsp3) is 0.600. The summed E-state index contributed by atoms with van der Waals surface area (Å²) in [6, 6.07) is 0.198. The number of aliphatic hydroxyl groups is 2. The number of oxazole rings is 1. The van der Waals surface area contributed by atoms with Crippen molar-refractivity contribution in [3.8, 4) is 0 Å². The van der Waals surface area contributed by atoms with Gasteiger partial charge in [0.15, 0.2) is 5.69 Å². The van der Waals surface area contributed by atoms with Gasteiger partial charge in [-0.15, -0.1) is 0 Å². The van der Waals surface area contributed by atoms with E-state index in [-0.39, 0.29) is 31.4 Å². The zero-order valence-electron chi connectivity index (χ0n) is 9.37. The van der Waals surface area contributed by atoms with E-state index < -0.39 is 18.2 Å². The van der Waals surface area contributed by atoms with Crippen molar-refractivity contribution in [3.63, 3.8) is 0 Å². The summed E-state index contributed by atoms with van der Waals surface area (Å²) < 4.78 is 9.87. The zero-order valence-corrected chi connectivity index (χ0v) is 9.37. The van der Waals surface area contributed by atoms with Crippen molar-refractivity contribution < 1.29 is 24.2 Å². The molecule has 0 aromatic carbocycles. The second-order valence-corrected chi connectivity index (χ2v) is 3.78. The molecule has 0 saturated carbocycles. The summed E-state index contributed by atoms with van der Waals surface area (Å²) in [6.07, 6.45) is -0.453. The number of anilines is 1. The van der Waals surface area contributed by atoms with Gasteiger partial charge in [0, 0.05) is 0 Å².